The molecule has 0 fully saturated rings. The van der Waals surface area contributed by atoms with E-state index in [0.29, 0.717) is 13.0 Å². The van der Waals surface area contributed by atoms with Crippen LogP contribution in [0.4, 0.5) is 4.79 Å². The van der Waals surface area contributed by atoms with Crippen LogP contribution in [0.15, 0.2) is 0 Å². The lowest BCUT2D eigenvalue weighted by molar-refractivity contribution is -0.137. The van der Waals surface area contributed by atoms with Gasteiger partial charge in [-0.25, -0.2) is 4.79 Å². The van der Waals surface area contributed by atoms with Gasteiger partial charge in [-0.3, -0.25) is 9.59 Å². The maximum absolute atomic E-state index is 11.5. The number of carboxylic acid groups (broad SMARTS) is 1. The average Bonchev–Trinajstić information content (AvgIpc) is 2.22. The minimum absolute atomic E-state index is 0.0254. The maximum Gasteiger partial charge on any atom is 0.315 e. The number of hydrogen-bond donors (Lipinski definition) is 4. The van der Waals surface area contributed by atoms with Crippen molar-refractivity contribution in [1.82, 2.24) is 10.6 Å². The number of nitrogens with one attached hydrogen (secondary N) is 2. The molecule has 0 bridgehead atoms. The highest BCUT2D eigenvalue weighted by Crippen LogP contribution is 2.05. The summed E-state index contributed by atoms with van der Waals surface area (Å²) in [6, 6.07) is -0.849. The summed E-state index contributed by atoms with van der Waals surface area (Å²) in [5, 5.41) is 13.8. The molecule has 3 amide bonds. The number of carbonyl (C=O) groups excluding carboxylic acids is 2. The zero-order valence-corrected chi connectivity index (χ0v) is 10.7. The van der Waals surface area contributed by atoms with Crippen LogP contribution in [0.25, 0.3) is 0 Å². The predicted molar refractivity (Wildman–Crippen MR) is 65.8 cm³/mol. The molecule has 0 saturated heterocycles. The summed E-state index contributed by atoms with van der Waals surface area (Å²) < 4.78 is 0. The van der Waals surface area contributed by atoms with E-state index >= 15 is 0 Å². The lowest BCUT2D eigenvalue weighted by Crippen LogP contribution is -2.45. The predicted octanol–water partition coefficient (Wildman–Crippen LogP) is 0.0504. The molecule has 5 N–H and O–H groups in total. The first-order valence-corrected chi connectivity index (χ1v) is 5.87. The Balaban J connectivity index is 3.95. The Morgan fingerprint density at radius 3 is 2.33 bits per heavy atom. The third kappa shape index (κ3) is 8.37. The molecule has 0 radical (unpaired) electrons. The molecule has 0 aromatic carbocycles. The zero-order valence-electron chi connectivity index (χ0n) is 10.7. The molecule has 1 atom stereocenters. The van der Waals surface area contributed by atoms with E-state index in [-0.39, 0.29) is 18.8 Å². The number of primary amides is 1. The van der Waals surface area contributed by atoms with Crippen molar-refractivity contribution >= 4 is 17.9 Å². The fourth-order valence-corrected chi connectivity index (χ4v) is 1.33. The molecule has 0 aliphatic heterocycles. The Morgan fingerprint density at radius 2 is 1.89 bits per heavy atom. The summed E-state index contributed by atoms with van der Waals surface area (Å²) >= 11 is 0. The van der Waals surface area contributed by atoms with Gasteiger partial charge in [-0.2, -0.15) is 0 Å². The summed E-state index contributed by atoms with van der Waals surface area (Å²) in [6.07, 6.45) is 0.559. The van der Waals surface area contributed by atoms with Gasteiger partial charge in [-0.05, 0) is 12.3 Å². The van der Waals surface area contributed by atoms with E-state index in [1.54, 1.807) is 0 Å². The molecule has 0 aliphatic carbocycles. The molecular weight excluding hydrogens is 238 g/mol. The first-order valence-electron chi connectivity index (χ1n) is 5.87. The first kappa shape index (κ1) is 16.2. The van der Waals surface area contributed by atoms with Crippen LogP contribution >= 0.6 is 0 Å². The number of amides is 3. The van der Waals surface area contributed by atoms with Gasteiger partial charge in [0.2, 0.25) is 5.91 Å². The van der Waals surface area contributed by atoms with Crippen molar-refractivity contribution in [3.63, 3.8) is 0 Å². The number of nitrogens with two attached hydrogens (primary N) is 1. The van der Waals surface area contributed by atoms with Crippen molar-refractivity contribution in [3.8, 4) is 0 Å². The van der Waals surface area contributed by atoms with Crippen LogP contribution in [-0.2, 0) is 9.59 Å². The maximum atomic E-state index is 11.5. The van der Waals surface area contributed by atoms with E-state index in [4.69, 9.17) is 10.8 Å². The molecule has 18 heavy (non-hydrogen) atoms. The van der Waals surface area contributed by atoms with Crippen molar-refractivity contribution in [1.29, 1.82) is 0 Å². The molecule has 0 aromatic rings. The first-order chi connectivity index (χ1) is 8.32. The van der Waals surface area contributed by atoms with Gasteiger partial charge in [0.25, 0.3) is 0 Å². The largest absolute Gasteiger partial charge is 0.481 e. The molecule has 0 aliphatic rings. The van der Waals surface area contributed by atoms with Crippen molar-refractivity contribution in [2.24, 2.45) is 11.7 Å². The number of hydrogen-bond acceptors (Lipinski definition) is 3. The second-order valence-electron chi connectivity index (χ2n) is 4.42. The van der Waals surface area contributed by atoms with E-state index in [0.717, 1.165) is 0 Å². The Hall–Kier alpha value is -1.79. The number of carbonyl (C=O) groups is 3. The van der Waals surface area contributed by atoms with Crippen LogP contribution in [0.2, 0.25) is 0 Å². The summed E-state index contributed by atoms with van der Waals surface area (Å²) in [6.45, 7) is 3.99. The van der Waals surface area contributed by atoms with Gasteiger partial charge in [0.15, 0.2) is 0 Å². The van der Waals surface area contributed by atoms with Gasteiger partial charge in [0, 0.05) is 19.0 Å². The highest BCUT2D eigenvalue weighted by Gasteiger charge is 2.18. The topological polar surface area (TPSA) is 122 Å². The third-order valence-electron chi connectivity index (χ3n) is 2.40. The minimum Gasteiger partial charge on any atom is -0.481 e. The highest BCUT2D eigenvalue weighted by atomic mass is 16.4. The Morgan fingerprint density at radius 1 is 1.28 bits per heavy atom. The SMILES string of the molecule is CC(C)C(CC(=O)O)NC(=O)NCCCC(N)=O. The Labute approximate surface area is 106 Å². The van der Waals surface area contributed by atoms with Crippen molar-refractivity contribution in [2.75, 3.05) is 6.54 Å². The van der Waals surface area contributed by atoms with Gasteiger partial charge < -0.3 is 21.5 Å². The second kappa shape index (κ2) is 8.32. The second-order valence-corrected chi connectivity index (χ2v) is 4.42. The molecule has 7 heteroatoms. The molecule has 0 spiro atoms. The van der Waals surface area contributed by atoms with Crippen molar-refractivity contribution in [3.05, 3.63) is 0 Å². The van der Waals surface area contributed by atoms with E-state index < -0.39 is 23.9 Å². The molecule has 1 unspecified atom stereocenters. The van der Waals surface area contributed by atoms with E-state index in [2.05, 4.69) is 10.6 Å². The van der Waals surface area contributed by atoms with Gasteiger partial charge in [0.1, 0.15) is 0 Å². The number of aliphatic carboxylic acids is 1. The molecule has 0 rings (SSSR count). The van der Waals surface area contributed by atoms with Crippen LogP contribution < -0.4 is 16.4 Å². The van der Waals surface area contributed by atoms with E-state index in [9.17, 15) is 14.4 Å². The normalized spacial score (nSPS) is 11.9. The van der Waals surface area contributed by atoms with Crippen LogP contribution in [0.3, 0.4) is 0 Å². The molecule has 0 aromatic heterocycles. The summed E-state index contributed by atoms with van der Waals surface area (Å²) in [7, 11) is 0. The zero-order chi connectivity index (χ0) is 14.1. The average molecular weight is 259 g/mol. The number of rotatable bonds is 8. The molecule has 0 heterocycles. The Kier molecular flexibility index (Phi) is 7.50. The third-order valence-corrected chi connectivity index (χ3v) is 2.40. The number of carboxylic acids is 1. The molecule has 7 nitrogen and oxygen atoms in total. The molecular formula is C11H21N3O4. The van der Waals surface area contributed by atoms with Crippen LogP contribution in [-0.4, -0.2) is 35.6 Å². The van der Waals surface area contributed by atoms with Crippen LogP contribution in [0, 0.1) is 5.92 Å². The summed E-state index contributed by atoms with van der Waals surface area (Å²) in [5.41, 5.74) is 4.95. The van der Waals surface area contributed by atoms with E-state index in [1.165, 1.54) is 0 Å². The highest BCUT2D eigenvalue weighted by molar-refractivity contribution is 5.76. The lowest BCUT2D eigenvalue weighted by Gasteiger charge is -2.20. The fourth-order valence-electron chi connectivity index (χ4n) is 1.33. The van der Waals surface area contributed by atoms with Gasteiger partial charge >= 0.3 is 12.0 Å². The number of urea groups is 1. The quantitative estimate of drug-likeness (QED) is 0.460. The van der Waals surface area contributed by atoms with Gasteiger partial charge in [0.05, 0.1) is 6.42 Å². The lowest BCUT2D eigenvalue weighted by atomic mass is 10.0. The smallest absolute Gasteiger partial charge is 0.315 e. The van der Waals surface area contributed by atoms with Crippen LogP contribution in [0.1, 0.15) is 33.1 Å². The van der Waals surface area contributed by atoms with Crippen molar-refractivity contribution < 1.29 is 19.5 Å². The summed E-state index contributed by atoms with van der Waals surface area (Å²) in [4.78, 5) is 32.5. The van der Waals surface area contributed by atoms with Crippen LogP contribution in [0.5, 0.6) is 0 Å². The van der Waals surface area contributed by atoms with Gasteiger partial charge in [-0.1, -0.05) is 13.8 Å². The fraction of sp³-hybridized carbons (Fsp3) is 0.727. The van der Waals surface area contributed by atoms with E-state index in [1.807, 2.05) is 13.8 Å². The minimum atomic E-state index is -0.956. The molecule has 104 valence electrons. The Bertz CT molecular complexity index is 305. The summed E-state index contributed by atoms with van der Waals surface area (Å²) in [5.74, 6) is -1.34. The van der Waals surface area contributed by atoms with Gasteiger partial charge in [-0.15, -0.1) is 0 Å². The van der Waals surface area contributed by atoms with Crippen molar-refractivity contribution in [2.45, 2.75) is 39.2 Å². The molecule has 0 saturated carbocycles. The standard InChI is InChI=1S/C11H21N3O4/c1-7(2)8(6-10(16)17)14-11(18)13-5-3-4-9(12)15/h7-8H,3-6H2,1-2H3,(H2,12,15)(H,16,17)(H2,13,14,18). The monoisotopic (exact) mass is 259 g/mol.